The van der Waals surface area contributed by atoms with Gasteiger partial charge in [-0.3, -0.25) is 4.79 Å². The van der Waals surface area contributed by atoms with Gasteiger partial charge in [0, 0.05) is 9.35 Å². The number of methoxy groups -OCH3 is 1. The third-order valence-corrected chi connectivity index (χ3v) is 4.39. The average molecular weight is 370 g/mol. The Bertz CT molecular complexity index is 711. The summed E-state index contributed by atoms with van der Waals surface area (Å²) in [5.41, 5.74) is 0.460. The molecule has 2 N–H and O–H groups in total. The number of ether oxygens (including phenoxy) is 1. The van der Waals surface area contributed by atoms with E-state index in [-0.39, 0.29) is 5.56 Å². The van der Waals surface area contributed by atoms with E-state index < -0.39 is 11.9 Å². The lowest BCUT2D eigenvalue weighted by atomic mass is 10.2. The van der Waals surface area contributed by atoms with Crippen molar-refractivity contribution in [3.05, 3.63) is 44.7 Å². The number of nitrogens with one attached hydrogen (secondary N) is 1. The molecular weight excluding hydrogens is 358 g/mol. The van der Waals surface area contributed by atoms with E-state index in [0.29, 0.717) is 20.8 Å². The van der Waals surface area contributed by atoms with Crippen LogP contribution in [-0.2, 0) is 0 Å². The van der Waals surface area contributed by atoms with E-state index >= 15 is 0 Å². The molecule has 5 nitrogen and oxygen atoms in total. The molecule has 1 aromatic carbocycles. The van der Waals surface area contributed by atoms with E-state index in [1.165, 1.54) is 24.5 Å². The molecule has 0 spiro atoms. The van der Waals surface area contributed by atoms with Crippen molar-refractivity contribution in [1.82, 2.24) is 0 Å². The lowest BCUT2D eigenvalue weighted by Gasteiger charge is -2.08. The number of thiophene rings is 1. The van der Waals surface area contributed by atoms with Gasteiger partial charge >= 0.3 is 5.97 Å². The first kappa shape index (κ1) is 15.5. The Hall–Kier alpha value is -1.86. The Morgan fingerprint density at radius 1 is 1.29 bits per heavy atom. The number of benzene rings is 1. The minimum absolute atomic E-state index is 0.0878. The number of hydrogen-bond donors (Lipinski definition) is 2. The fourth-order valence-electron chi connectivity index (χ4n) is 1.74. The molecule has 0 aliphatic rings. The molecule has 2 aromatic rings. The highest BCUT2D eigenvalue weighted by Crippen LogP contribution is 2.29. The SMILES string of the molecule is COc1ccc(Br)c(C(=O)Nc2sc(C)cc2C(=O)O)c1. The monoisotopic (exact) mass is 369 g/mol. The van der Waals surface area contributed by atoms with Crippen molar-refractivity contribution < 1.29 is 19.4 Å². The van der Waals surface area contributed by atoms with Gasteiger partial charge in [0.2, 0.25) is 0 Å². The molecular formula is C14H12BrNO4S. The number of anilines is 1. The maximum Gasteiger partial charge on any atom is 0.338 e. The molecule has 0 aliphatic carbocycles. The van der Waals surface area contributed by atoms with Crippen LogP contribution in [0, 0.1) is 6.92 Å². The predicted molar refractivity (Wildman–Crippen MR) is 84.7 cm³/mol. The minimum atomic E-state index is -1.07. The van der Waals surface area contributed by atoms with Crippen LogP contribution in [0.4, 0.5) is 5.00 Å². The number of rotatable bonds is 4. The van der Waals surface area contributed by atoms with Gasteiger partial charge in [-0.1, -0.05) is 0 Å². The lowest BCUT2D eigenvalue weighted by Crippen LogP contribution is -2.14. The fraction of sp³-hybridized carbons (Fsp3) is 0.143. The maximum atomic E-state index is 12.3. The molecule has 110 valence electrons. The first-order valence-corrected chi connectivity index (χ1v) is 7.52. The summed E-state index contributed by atoms with van der Waals surface area (Å²) in [6.07, 6.45) is 0. The van der Waals surface area contributed by atoms with E-state index in [9.17, 15) is 9.59 Å². The molecule has 0 unspecified atom stereocenters. The Morgan fingerprint density at radius 3 is 2.62 bits per heavy atom. The van der Waals surface area contributed by atoms with Crippen LogP contribution in [0.3, 0.4) is 0 Å². The summed E-state index contributed by atoms with van der Waals surface area (Å²) in [6, 6.07) is 6.54. The smallest absolute Gasteiger partial charge is 0.338 e. The third-order valence-electron chi connectivity index (χ3n) is 2.73. The molecule has 0 aliphatic heterocycles. The summed E-state index contributed by atoms with van der Waals surface area (Å²) in [6.45, 7) is 1.79. The second kappa shape index (κ2) is 6.28. The molecule has 0 radical (unpaired) electrons. The average Bonchev–Trinajstić information content (AvgIpc) is 2.80. The van der Waals surface area contributed by atoms with Crippen molar-refractivity contribution >= 4 is 44.1 Å². The molecule has 0 atom stereocenters. The quantitative estimate of drug-likeness (QED) is 0.859. The van der Waals surface area contributed by atoms with Gasteiger partial charge in [0.1, 0.15) is 10.8 Å². The number of halogens is 1. The van der Waals surface area contributed by atoms with Gasteiger partial charge in [-0.25, -0.2) is 4.79 Å². The van der Waals surface area contributed by atoms with Crippen LogP contribution in [0.25, 0.3) is 0 Å². The van der Waals surface area contributed by atoms with Crippen molar-refractivity contribution in [3.8, 4) is 5.75 Å². The Morgan fingerprint density at radius 2 is 2.00 bits per heavy atom. The van der Waals surface area contributed by atoms with Gasteiger partial charge in [-0.15, -0.1) is 11.3 Å². The number of aromatic carboxylic acids is 1. The Kier molecular flexibility index (Phi) is 4.64. The summed E-state index contributed by atoms with van der Waals surface area (Å²) in [5.74, 6) is -0.923. The second-order valence-corrected chi connectivity index (χ2v) is 6.32. The topological polar surface area (TPSA) is 75.6 Å². The van der Waals surface area contributed by atoms with E-state index in [4.69, 9.17) is 9.84 Å². The van der Waals surface area contributed by atoms with E-state index in [0.717, 1.165) is 4.88 Å². The molecule has 0 saturated heterocycles. The molecule has 0 fully saturated rings. The third kappa shape index (κ3) is 3.43. The van der Waals surface area contributed by atoms with Gasteiger partial charge in [0.25, 0.3) is 5.91 Å². The highest BCUT2D eigenvalue weighted by atomic mass is 79.9. The zero-order valence-electron chi connectivity index (χ0n) is 11.3. The van der Waals surface area contributed by atoms with Crippen LogP contribution in [0.5, 0.6) is 5.75 Å². The van der Waals surface area contributed by atoms with Crippen LogP contribution in [-0.4, -0.2) is 24.1 Å². The second-order valence-electron chi connectivity index (χ2n) is 4.20. The van der Waals surface area contributed by atoms with Crippen molar-refractivity contribution in [2.45, 2.75) is 6.92 Å². The summed E-state index contributed by atoms with van der Waals surface area (Å²) in [5, 5.41) is 12.1. The molecule has 21 heavy (non-hydrogen) atoms. The first-order valence-electron chi connectivity index (χ1n) is 5.91. The Balaban J connectivity index is 2.32. The van der Waals surface area contributed by atoms with E-state index in [1.54, 1.807) is 25.1 Å². The highest BCUT2D eigenvalue weighted by molar-refractivity contribution is 9.10. The van der Waals surface area contributed by atoms with Gasteiger partial charge < -0.3 is 15.2 Å². The number of aryl methyl sites for hydroxylation is 1. The summed E-state index contributed by atoms with van der Waals surface area (Å²) >= 11 is 4.52. The van der Waals surface area contributed by atoms with Crippen molar-refractivity contribution in [1.29, 1.82) is 0 Å². The summed E-state index contributed by atoms with van der Waals surface area (Å²) in [4.78, 5) is 24.3. The van der Waals surface area contributed by atoms with Crippen molar-refractivity contribution in [2.75, 3.05) is 12.4 Å². The van der Waals surface area contributed by atoms with Crippen LogP contribution >= 0.6 is 27.3 Å². The molecule has 0 saturated carbocycles. The standard InChI is InChI=1S/C14H12BrNO4S/c1-7-5-10(14(18)19)13(21-7)16-12(17)9-6-8(20-2)3-4-11(9)15/h3-6H,1-2H3,(H,16,17)(H,18,19). The Labute approximate surface area is 133 Å². The number of amides is 1. The van der Waals surface area contributed by atoms with Gasteiger partial charge in [0.05, 0.1) is 18.2 Å². The predicted octanol–water partition coefficient (Wildman–Crippen LogP) is 3.78. The first-order chi connectivity index (χ1) is 9.92. The number of carboxylic acid groups (broad SMARTS) is 1. The minimum Gasteiger partial charge on any atom is -0.497 e. The van der Waals surface area contributed by atoms with Crippen LogP contribution in [0.15, 0.2) is 28.7 Å². The molecule has 1 aromatic heterocycles. The lowest BCUT2D eigenvalue weighted by molar-refractivity contribution is 0.0698. The number of carboxylic acids is 1. The zero-order chi connectivity index (χ0) is 15.6. The summed E-state index contributed by atoms with van der Waals surface area (Å²) < 4.78 is 5.69. The largest absolute Gasteiger partial charge is 0.497 e. The number of carbonyl (C=O) groups excluding carboxylic acids is 1. The van der Waals surface area contributed by atoms with Gasteiger partial charge in [0.15, 0.2) is 0 Å². The molecule has 1 heterocycles. The zero-order valence-corrected chi connectivity index (χ0v) is 13.7. The molecule has 2 rings (SSSR count). The summed E-state index contributed by atoms with van der Waals surface area (Å²) in [7, 11) is 1.51. The van der Waals surface area contributed by atoms with E-state index in [1.807, 2.05) is 0 Å². The van der Waals surface area contributed by atoms with Crippen molar-refractivity contribution in [3.63, 3.8) is 0 Å². The molecule has 0 bridgehead atoms. The normalized spacial score (nSPS) is 10.2. The van der Waals surface area contributed by atoms with Gasteiger partial charge in [-0.2, -0.15) is 0 Å². The van der Waals surface area contributed by atoms with Crippen LogP contribution < -0.4 is 10.1 Å². The van der Waals surface area contributed by atoms with Crippen LogP contribution in [0.2, 0.25) is 0 Å². The van der Waals surface area contributed by atoms with E-state index in [2.05, 4.69) is 21.2 Å². The van der Waals surface area contributed by atoms with Crippen LogP contribution in [0.1, 0.15) is 25.6 Å². The van der Waals surface area contributed by atoms with Crippen molar-refractivity contribution in [2.24, 2.45) is 0 Å². The maximum absolute atomic E-state index is 12.3. The molecule has 7 heteroatoms. The number of hydrogen-bond acceptors (Lipinski definition) is 4. The fourth-order valence-corrected chi connectivity index (χ4v) is 3.07. The highest BCUT2D eigenvalue weighted by Gasteiger charge is 2.18. The van der Waals surface area contributed by atoms with Gasteiger partial charge in [-0.05, 0) is 47.1 Å². The number of carbonyl (C=O) groups is 2. The molecule has 1 amide bonds.